The van der Waals surface area contributed by atoms with Crippen molar-refractivity contribution in [3.63, 3.8) is 0 Å². The maximum absolute atomic E-state index is 4.55. The SMILES string of the molecule is Brc1cccn2nc(NC3CC4CCC3C4)nc12. The van der Waals surface area contributed by atoms with Gasteiger partial charge in [-0.05, 0) is 59.2 Å². The Kier molecular flexibility index (Phi) is 2.37. The van der Waals surface area contributed by atoms with Gasteiger partial charge < -0.3 is 5.32 Å². The van der Waals surface area contributed by atoms with Crippen LogP contribution in [-0.2, 0) is 0 Å². The number of nitrogens with zero attached hydrogens (tertiary/aromatic N) is 3. The van der Waals surface area contributed by atoms with Crippen molar-refractivity contribution in [2.75, 3.05) is 5.32 Å². The van der Waals surface area contributed by atoms with E-state index >= 15 is 0 Å². The topological polar surface area (TPSA) is 42.2 Å². The van der Waals surface area contributed by atoms with Crippen molar-refractivity contribution in [3.05, 3.63) is 22.8 Å². The Morgan fingerprint density at radius 1 is 1.33 bits per heavy atom. The minimum atomic E-state index is 0.583. The molecule has 1 N–H and O–H groups in total. The molecule has 0 amide bonds. The molecule has 2 aliphatic rings. The third-order valence-electron chi connectivity index (χ3n) is 4.37. The number of halogens is 1. The summed E-state index contributed by atoms with van der Waals surface area (Å²) >= 11 is 3.50. The third kappa shape index (κ3) is 1.64. The quantitative estimate of drug-likeness (QED) is 0.927. The zero-order chi connectivity index (χ0) is 12.1. The zero-order valence-electron chi connectivity index (χ0n) is 10.0. The number of aromatic nitrogens is 3. The third-order valence-corrected chi connectivity index (χ3v) is 4.99. The maximum Gasteiger partial charge on any atom is 0.243 e. The Morgan fingerprint density at radius 2 is 2.28 bits per heavy atom. The highest BCUT2D eigenvalue weighted by molar-refractivity contribution is 9.10. The number of fused-ring (bicyclic) bond motifs is 3. The van der Waals surface area contributed by atoms with Gasteiger partial charge in [-0.25, -0.2) is 4.52 Å². The molecule has 18 heavy (non-hydrogen) atoms. The fourth-order valence-corrected chi connectivity index (χ4v) is 3.95. The lowest BCUT2D eigenvalue weighted by Gasteiger charge is -2.21. The summed E-state index contributed by atoms with van der Waals surface area (Å²) in [6, 6.07) is 4.54. The monoisotopic (exact) mass is 306 g/mol. The summed E-state index contributed by atoms with van der Waals surface area (Å²) in [5.74, 6) is 2.54. The molecule has 2 aromatic rings. The summed E-state index contributed by atoms with van der Waals surface area (Å²) in [4.78, 5) is 4.55. The van der Waals surface area contributed by atoms with Gasteiger partial charge in [0.05, 0.1) is 4.47 Å². The van der Waals surface area contributed by atoms with Gasteiger partial charge in [-0.2, -0.15) is 4.98 Å². The van der Waals surface area contributed by atoms with E-state index in [1.54, 1.807) is 0 Å². The lowest BCUT2D eigenvalue weighted by Crippen LogP contribution is -2.26. The fourth-order valence-electron chi connectivity index (χ4n) is 3.52. The normalized spacial score (nSPS) is 30.2. The maximum atomic E-state index is 4.55. The van der Waals surface area contributed by atoms with Crippen molar-refractivity contribution < 1.29 is 0 Å². The molecule has 2 heterocycles. The van der Waals surface area contributed by atoms with Crippen LogP contribution in [0.5, 0.6) is 0 Å². The van der Waals surface area contributed by atoms with E-state index in [2.05, 4.69) is 31.3 Å². The van der Waals surface area contributed by atoms with Gasteiger partial charge in [-0.1, -0.05) is 6.42 Å². The summed E-state index contributed by atoms with van der Waals surface area (Å²) in [6.45, 7) is 0. The van der Waals surface area contributed by atoms with Gasteiger partial charge in [0.1, 0.15) is 0 Å². The number of nitrogens with one attached hydrogen (secondary N) is 1. The number of pyridine rings is 1. The second kappa shape index (κ2) is 3.95. The second-order valence-electron chi connectivity index (χ2n) is 5.49. The van der Waals surface area contributed by atoms with E-state index in [1.165, 1.54) is 25.7 Å². The molecule has 4 rings (SSSR count). The second-order valence-corrected chi connectivity index (χ2v) is 6.34. The van der Waals surface area contributed by atoms with Crippen LogP contribution in [0.3, 0.4) is 0 Å². The number of rotatable bonds is 2. The highest BCUT2D eigenvalue weighted by Gasteiger charge is 2.39. The zero-order valence-corrected chi connectivity index (χ0v) is 11.6. The molecule has 2 bridgehead atoms. The number of anilines is 1. The van der Waals surface area contributed by atoms with Crippen LogP contribution in [0.4, 0.5) is 5.95 Å². The van der Waals surface area contributed by atoms with E-state index < -0.39 is 0 Å². The van der Waals surface area contributed by atoms with E-state index in [9.17, 15) is 0 Å². The van der Waals surface area contributed by atoms with Crippen LogP contribution < -0.4 is 5.32 Å². The van der Waals surface area contributed by atoms with Crippen molar-refractivity contribution in [3.8, 4) is 0 Å². The molecule has 94 valence electrons. The Hall–Kier alpha value is -1.10. The molecule has 0 spiro atoms. The lowest BCUT2D eigenvalue weighted by molar-refractivity contribution is 0.438. The highest BCUT2D eigenvalue weighted by Crippen LogP contribution is 2.45. The standard InChI is InChI=1S/C13H15BrN4/c14-10-2-1-5-18-12(10)16-13(17-18)15-11-7-8-3-4-9(11)6-8/h1-2,5,8-9,11H,3-4,6-7H2,(H,15,17). The van der Waals surface area contributed by atoms with Crippen molar-refractivity contribution in [2.45, 2.75) is 31.7 Å². The first-order valence-electron chi connectivity index (χ1n) is 6.57. The van der Waals surface area contributed by atoms with Crippen LogP contribution in [0, 0.1) is 11.8 Å². The van der Waals surface area contributed by atoms with Crippen molar-refractivity contribution in [1.82, 2.24) is 14.6 Å². The Balaban J connectivity index is 1.61. The van der Waals surface area contributed by atoms with E-state index in [0.29, 0.717) is 6.04 Å². The molecule has 0 aliphatic heterocycles. The van der Waals surface area contributed by atoms with Crippen LogP contribution >= 0.6 is 15.9 Å². The van der Waals surface area contributed by atoms with Gasteiger partial charge in [0.25, 0.3) is 0 Å². The molecule has 3 atom stereocenters. The summed E-state index contributed by atoms with van der Waals surface area (Å²) in [5.41, 5.74) is 0.878. The first kappa shape index (κ1) is 10.8. The van der Waals surface area contributed by atoms with E-state index in [1.807, 2.05) is 22.8 Å². The molecule has 2 aromatic heterocycles. The molecule has 0 radical (unpaired) electrons. The van der Waals surface area contributed by atoms with Gasteiger partial charge in [0.15, 0.2) is 5.65 Å². The highest BCUT2D eigenvalue weighted by atomic mass is 79.9. The fraction of sp³-hybridized carbons (Fsp3) is 0.538. The Labute approximate surface area is 114 Å². The summed E-state index contributed by atoms with van der Waals surface area (Å²) in [7, 11) is 0. The summed E-state index contributed by atoms with van der Waals surface area (Å²) in [5, 5.41) is 8.01. The van der Waals surface area contributed by atoms with E-state index in [0.717, 1.165) is 27.9 Å². The van der Waals surface area contributed by atoms with Crippen LogP contribution in [-0.4, -0.2) is 20.6 Å². The van der Waals surface area contributed by atoms with Gasteiger partial charge in [-0.3, -0.25) is 0 Å². The molecule has 4 nitrogen and oxygen atoms in total. The van der Waals surface area contributed by atoms with Crippen LogP contribution in [0.25, 0.3) is 5.65 Å². The summed E-state index contributed by atoms with van der Waals surface area (Å²) in [6.07, 6.45) is 7.42. The molecule has 2 fully saturated rings. The number of hydrogen-bond donors (Lipinski definition) is 1. The first-order valence-corrected chi connectivity index (χ1v) is 7.36. The largest absolute Gasteiger partial charge is 0.350 e. The molecule has 3 unspecified atom stereocenters. The number of hydrogen-bond acceptors (Lipinski definition) is 3. The van der Waals surface area contributed by atoms with Gasteiger partial charge in [0.2, 0.25) is 5.95 Å². The predicted octanol–water partition coefficient (Wildman–Crippen LogP) is 3.09. The molecule has 0 saturated heterocycles. The molecule has 2 aliphatic carbocycles. The van der Waals surface area contributed by atoms with Crippen LogP contribution in [0.1, 0.15) is 25.7 Å². The minimum absolute atomic E-state index is 0.583. The van der Waals surface area contributed by atoms with Gasteiger partial charge in [-0.15, -0.1) is 5.10 Å². The Morgan fingerprint density at radius 3 is 3.00 bits per heavy atom. The average Bonchev–Trinajstić information content (AvgIpc) is 3.03. The molecule has 5 heteroatoms. The predicted molar refractivity (Wildman–Crippen MR) is 73.5 cm³/mol. The van der Waals surface area contributed by atoms with Crippen molar-refractivity contribution in [2.24, 2.45) is 11.8 Å². The average molecular weight is 307 g/mol. The Bertz CT molecular complexity index is 594. The van der Waals surface area contributed by atoms with Crippen LogP contribution in [0.2, 0.25) is 0 Å². The van der Waals surface area contributed by atoms with Gasteiger partial charge in [0, 0.05) is 12.2 Å². The first-order chi connectivity index (χ1) is 8.79. The van der Waals surface area contributed by atoms with Crippen molar-refractivity contribution in [1.29, 1.82) is 0 Å². The summed E-state index contributed by atoms with van der Waals surface area (Å²) < 4.78 is 2.80. The van der Waals surface area contributed by atoms with Crippen molar-refractivity contribution >= 4 is 27.5 Å². The minimum Gasteiger partial charge on any atom is -0.350 e. The molecule has 0 aromatic carbocycles. The van der Waals surface area contributed by atoms with E-state index in [-0.39, 0.29) is 0 Å². The lowest BCUT2D eigenvalue weighted by atomic mass is 9.95. The van der Waals surface area contributed by atoms with Crippen LogP contribution in [0.15, 0.2) is 22.8 Å². The molecular formula is C13H15BrN4. The molecular weight excluding hydrogens is 292 g/mol. The van der Waals surface area contributed by atoms with Gasteiger partial charge >= 0.3 is 0 Å². The smallest absolute Gasteiger partial charge is 0.243 e. The molecule has 2 saturated carbocycles. The van der Waals surface area contributed by atoms with E-state index in [4.69, 9.17) is 0 Å².